The molecule has 0 unspecified atom stereocenters. The Balaban J connectivity index is 1.67. The van der Waals surface area contributed by atoms with Crippen LogP contribution in [0.2, 0.25) is 5.02 Å². The Morgan fingerprint density at radius 2 is 1.97 bits per heavy atom. The zero-order chi connectivity index (χ0) is 21.7. The molecule has 1 aromatic heterocycles. The largest absolute Gasteiger partial charge is 0.452 e. The van der Waals surface area contributed by atoms with Crippen molar-refractivity contribution >= 4 is 39.3 Å². The second-order valence-electron chi connectivity index (χ2n) is 6.48. The van der Waals surface area contributed by atoms with E-state index in [1.807, 2.05) is 0 Å². The second kappa shape index (κ2) is 9.52. The molecular weight excluding hydrogens is 434 g/mol. The fourth-order valence-corrected chi connectivity index (χ4v) is 4.54. The van der Waals surface area contributed by atoms with Crippen LogP contribution in [0.25, 0.3) is 0 Å². The number of morpholine rings is 1. The molecule has 0 aliphatic carbocycles. The lowest BCUT2D eigenvalue weighted by Crippen LogP contribution is -2.40. The highest BCUT2D eigenvalue weighted by atomic mass is 35.5. The van der Waals surface area contributed by atoms with Crippen LogP contribution >= 0.6 is 11.6 Å². The normalized spacial score (nSPS) is 14.9. The summed E-state index contributed by atoms with van der Waals surface area (Å²) in [5.74, 6) is -1.14. The zero-order valence-electron chi connectivity index (χ0n) is 16.1. The SMILES string of the molecule is Cc1ccc(C(=O)OCC(=O)Nc2ccc(Cl)cn2)cc1S(=O)(=O)N1CCOCC1. The van der Waals surface area contributed by atoms with E-state index >= 15 is 0 Å². The summed E-state index contributed by atoms with van der Waals surface area (Å²) in [6.45, 7) is 2.22. The van der Waals surface area contributed by atoms with E-state index in [1.54, 1.807) is 13.0 Å². The van der Waals surface area contributed by atoms with Crippen LogP contribution in [0.4, 0.5) is 5.82 Å². The van der Waals surface area contributed by atoms with Gasteiger partial charge < -0.3 is 14.8 Å². The van der Waals surface area contributed by atoms with Crippen LogP contribution in [-0.2, 0) is 24.3 Å². The number of rotatable bonds is 6. The van der Waals surface area contributed by atoms with Crippen molar-refractivity contribution in [1.82, 2.24) is 9.29 Å². The minimum absolute atomic E-state index is 0.0219. The van der Waals surface area contributed by atoms with E-state index in [9.17, 15) is 18.0 Å². The smallest absolute Gasteiger partial charge is 0.338 e. The molecule has 1 amide bonds. The van der Waals surface area contributed by atoms with Crippen LogP contribution in [-0.4, -0.2) is 62.5 Å². The molecule has 1 saturated heterocycles. The number of aryl methyl sites for hydroxylation is 1. The van der Waals surface area contributed by atoms with Crippen LogP contribution < -0.4 is 5.32 Å². The first-order valence-electron chi connectivity index (χ1n) is 9.04. The number of aromatic nitrogens is 1. The van der Waals surface area contributed by atoms with Gasteiger partial charge in [0.15, 0.2) is 6.61 Å². The average molecular weight is 454 g/mol. The Labute approximate surface area is 179 Å². The molecule has 1 fully saturated rings. The van der Waals surface area contributed by atoms with E-state index in [0.29, 0.717) is 23.8 Å². The predicted molar refractivity (Wildman–Crippen MR) is 109 cm³/mol. The lowest BCUT2D eigenvalue weighted by molar-refractivity contribution is -0.119. The first kappa shape index (κ1) is 22.2. The lowest BCUT2D eigenvalue weighted by atomic mass is 10.1. The standard InChI is InChI=1S/C19H20ClN3O6S/c1-13-2-3-14(10-16(13)30(26,27)23-6-8-28-9-7-23)19(25)29-12-18(24)22-17-5-4-15(20)11-21-17/h2-5,10-11H,6-9,12H2,1H3,(H,21,22,24). The number of ether oxygens (including phenoxy) is 2. The van der Waals surface area contributed by atoms with Crippen molar-refractivity contribution in [3.05, 3.63) is 52.7 Å². The van der Waals surface area contributed by atoms with Gasteiger partial charge in [-0.3, -0.25) is 4.79 Å². The Bertz CT molecular complexity index is 1040. The summed E-state index contributed by atoms with van der Waals surface area (Å²) in [4.78, 5) is 28.2. The van der Waals surface area contributed by atoms with Crippen molar-refractivity contribution in [3.8, 4) is 0 Å². The Hall–Kier alpha value is -2.53. The van der Waals surface area contributed by atoms with E-state index in [2.05, 4.69) is 10.3 Å². The van der Waals surface area contributed by atoms with Gasteiger partial charge in [-0.05, 0) is 36.8 Å². The van der Waals surface area contributed by atoms with E-state index in [1.165, 1.54) is 34.8 Å². The van der Waals surface area contributed by atoms with Crippen LogP contribution in [0.1, 0.15) is 15.9 Å². The van der Waals surface area contributed by atoms with Gasteiger partial charge in [-0.15, -0.1) is 0 Å². The number of pyridine rings is 1. The lowest BCUT2D eigenvalue weighted by Gasteiger charge is -2.26. The first-order chi connectivity index (χ1) is 14.3. The number of anilines is 1. The number of hydrogen-bond acceptors (Lipinski definition) is 7. The molecule has 0 radical (unpaired) electrons. The maximum absolute atomic E-state index is 12.9. The van der Waals surface area contributed by atoms with E-state index < -0.39 is 28.5 Å². The zero-order valence-corrected chi connectivity index (χ0v) is 17.7. The number of sulfonamides is 1. The number of hydrogen-bond donors (Lipinski definition) is 1. The third-order valence-electron chi connectivity index (χ3n) is 4.34. The minimum atomic E-state index is -3.78. The molecule has 11 heteroatoms. The molecule has 2 aromatic rings. The maximum atomic E-state index is 12.9. The number of amides is 1. The minimum Gasteiger partial charge on any atom is -0.452 e. The number of benzene rings is 1. The van der Waals surface area contributed by atoms with Gasteiger partial charge in [-0.25, -0.2) is 18.2 Å². The monoisotopic (exact) mass is 453 g/mol. The van der Waals surface area contributed by atoms with E-state index in [-0.39, 0.29) is 29.4 Å². The fourth-order valence-electron chi connectivity index (χ4n) is 2.77. The van der Waals surface area contributed by atoms with Gasteiger partial charge in [0.1, 0.15) is 5.82 Å². The Morgan fingerprint density at radius 3 is 2.63 bits per heavy atom. The van der Waals surface area contributed by atoms with Crippen molar-refractivity contribution in [2.24, 2.45) is 0 Å². The molecule has 0 saturated carbocycles. The number of halogens is 1. The predicted octanol–water partition coefficient (Wildman–Crippen LogP) is 1.86. The molecule has 1 aliphatic rings. The van der Waals surface area contributed by atoms with Crippen molar-refractivity contribution in [2.75, 3.05) is 38.2 Å². The summed E-state index contributed by atoms with van der Waals surface area (Å²) in [5, 5.41) is 2.88. The van der Waals surface area contributed by atoms with Crippen molar-refractivity contribution < 1.29 is 27.5 Å². The van der Waals surface area contributed by atoms with Crippen molar-refractivity contribution in [3.63, 3.8) is 0 Å². The summed E-state index contributed by atoms with van der Waals surface area (Å²) in [6.07, 6.45) is 1.37. The third-order valence-corrected chi connectivity index (χ3v) is 6.61. The first-order valence-corrected chi connectivity index (χ1v) is 10.9. The summed E-state index contributed by atoms with van der Waals surface area (Å²) < 4.78 is 37.3. The Morgan fingerprint density at radius 1 is 1.23 bits per heavy atom. The van der Waals surface area contributed by atoms with Gasteiger partial charge >= 0.3 is 5.97 Å². The molecule has 0 spiro atoms. The van der Waals surface area contributed by atoms with Crippen LogP contribution in [0.5, 0.6) is 0 Å². The molecular formula is C19H20ClN3O6S. The summed E-state index contributed by atoms with van der Waals surface area (Å²) in [7, 11) is -3.78. The van der Waals surface area contributed by atoms with Gasteiger partial charge in [-0.2, -0.15) is 4.31 Å². The maximum Gasteiger partial charge on any atom is 0.338 e. The molecule has 160 valence electrons. The van der Waals surface area contributed by atoms with Gasteiger partial charge in [-0.1, -0.05) is 17.7 Å². The van der Waals surface area contributed by atoms with Crippen LogP contribution in [0, 0.1) is 6.92 Å². The van der Waals surface area contributed by atoms with Gasteiger partial charge in [0.25, 0.3) is 5.91 Å². The molecule has 0 bridgehead atoms. The summed E-state index contributed by atoms with van der Waals surface area (Å²) in [5.41, 5.74) is 0.537. The van der Waals surface area contributed by atoms with Gasteiger partial charge in [0, 0.05) is 19.3 Å². The molecule has 30 heavy (non-hydrogen) atoms. The van der Waals surface area contributed by atoms with Gasteiger partial charge in [0.05, 0.1) is 28.7 Å². The van der Waals surface area contributed by atoms with Crippen molar-refractivity contribution in [1.29, 1.82) is 0 Å². The summed E-state index contributed by atoms with van der Waals surface area (Å²) >= 11 is 5.73. The summed E-state index contributed by atoms with van der Waals surface area (Å²) in [6, 6.07) is 7.31. The van der Waals surface area contributed by atoms with E-state index in [0.717, 1.165) is 0 Å². The molecule has 1 N–H and O–H groups in total. The highest BCUT2D eigenvalue weighted by Crippen LogP contribution is 2.22. The fraction of sp³-hybridized carbons (Fsp3) is 0.316. The van der Waals surface area contributed by atoms with E-state index in [4.69, 9.17) is 21.1 Å². The molecule has 3 rings (SSSR count). The number of nitrogens with one attached hydrogen (secondary N) is 1. The number of carbonyl (C=O) groups excluding carboxylic acids is 2. The molecule has 1 aliphatic heterocycles. The number of esters is 1. The topological polar surface area (TPSA) is 115 Å². The molecule has 1 aromatic carbocycles. The van der Waals surface area contributed by atoms with Crippen molar-refractivity contribution in [2.45, 2.75) is 11.8 Å². The second-order valence-corrected chi connectivity index (χ2v) is 8.83. The van der Waals surface area contributed by atoms with Crippen LogP contribution in [0.15, 0.2) is 41.4 Å². The Kier molecular flexibility index (Phi) is 7.03. The van der Waals surface area contributed by atoms with Crippen LogP contribution in [0.3, 0.4) is 0 Å². The third kappa shape index (κ3) is 5.33. The number of nitrogens with zero attached hydrogens (tertiary/aromatic N) is 2. The highest BCUT2D eigenvalue weighted by Gasteiger charge is 2.28. The quantitative estimate of drug-likeness (QED) is 0.664. The van der Waals surface area contributed by atoms with Gasteiger partial charge in [0.2, 0.25) is 10.0 Å². The molecule has 9 nitrogen and oxygen atoms in total. The number of carbonyl (C=O) groups is 2. The molecule has 2 heterocycles. The average Bonchev–Trinajstić information content (AvgIpc) is 2.74. The highest BCUT2D eigenvalue weighted by molar-refractivity contribution is 7.89. The molecule has 0 atom stereocenters.